The molecule has 108 valence electrons. The minimum Gasteiger partial charge on any atom is -0.337 e. The number of carbonyl (C=O) groups is 1. The molecular formula is C13H16ClN3O3. The number of likely N-dealkylation sites (tertiary alicyclic amines) is 1. The van der Waals surface area contributed by atoms with Crippen molar-refractivity contribution in [3.63, 3.8) is 0 Å². The van der Waals surface area contributed by atoms with Crippen molar-refractivity contribution >= 4 is 23.2 Å². The van der Waals surface area contributed by atoms with Crippen LogP contribution in [0.4, 0.5) is 5.69 Å². The minimum atomic E-state index is -0.545. The van der Waals surface area contributed by atoms with E-state index in [1.54, 1.807) is 4.90 Å². The van der Waals surface area contributed by atoms with Gasteiger partial charge in [-0.3, -0.25) is 14.9 Å². The SMILES string of the molecule is CC1CCN(C(=O)c2cc([N+](=O)[O-])ccc2Cl)CC1N. The number of halogens is 1. The second-order valence-corrected chi connectivity index (χ2v) is 5.51. The first-order valence-electron chi connectivity index (χ1n) is 6.39. The summed E-state index contributed by atoms with van der Waals surface area (Å²) in [7, 11) is 0. The van der Waals surface area contributed by atoms with Crippen molar-refractivity contribution in [3.8, 4) is 0 Å². The normalized spacial score (nSPS) is 22.6. The molecule has 2 N–H and O–H groups in total. The number of carbonyl (C=O) groups excluding carboxylic acids is 1. The number of benzene rings is 1. The van der Waals surface area contributed by atoms with Crippen molar-refractivity contribution in [1.82, 2.24) is 4.90 Å². The van der Waals surface area contributed by atoms with Crippen molar-refractivity contribution in [2.45, 2.75) is 19.4 Å². The van der Waals surface area contributed by atoms with Crippen LogP contribution in [0.3, 0.4) is 0 Å². The van der Waals surface area contributed by atoms with Gasteiger partial charge in [-0.15, -0.1) is 0 Å². The van der Waals surface area contributed by atoms with Crippen molar-refractivity contribution in [2.75, 3.05) is 13.1 Å². The summed E-state index contributed by atoms with van der Waals surface area (Å²) in [6.45, 7) is 3.08. The van der Waals surface area contributed by atoms with E-state index in [1.165, 1.54) is 18.2 Å². The Kier molecular flexibility index (Phi) is 4.25. The third-order valence-corrected chi connectivity index (χ3v) is 4.02. The van der Waals surface area contributed by atoms with Crippen LogP contribution in [0.2, 0.25) is 5.02 Å². The Labute approximate surface area is 121 Å². The summed E-state index contributed by atoms with van der Waals surface area (Å²) in [4.78, 5) is 24.2. The molecule has 2 rings (SSSR count). The molecular weight excluding hydrogens is 282 g/mol. The van der Waals surface area contributed by atoms with E-state index in [9.17, 15) is 14.9 Å². The van der Waals surface area contributed by atoms with Crippen LogP contribution >= 0.6 is 11.6 Å². The molecule has 0 aliphatic carbocycles. The molecule has 1 amide bonds. The molecule has 6 nitrogen and oxygen atoms in total. The van der Waals surface area contributed by atoms with Crippen LogP contribution in [0.1, 0.15) is 23.7 Å². The molecule has 2 unspecified atom stereocenters. The van der Waals surface area contributed by atoms with E-state index in [2.05, 4.69) is 0 Å². The van der Waals surface area contributed by atoms with E-state index in [-0.39, 0.29) is 28.2 Å². The van der Waals surface area contributed by atoms with Crippen LogP contribution in [0.25, 0.3) is 0 Å². The number of nitro benzene ring substituents is 1. The first-order chi connectivity index (χ1) is 9.40. The van der Waals surface area contributed by atoms with Crippen LogP contribution in [-0.4, -0.2) is 34.9 Å². The van der Waals surface area contributed by atoms with Gasteiger partial charge in [0.1, 0.15) is 0 Å². The maximum Gasteiger partial charge on any atom is 0.270 e. The quantitative estimate of drug-likeness (QED) is 0.668. The van der Waals surface area contributed by atoms with E-state index < -0.39 is 4.92 Å². The Morgan fingerprint density at radius 3 is 2.85 bits per heavy atom. The van der Waals surface area contributed by atoms with Gasteiger partial charge in [-0.25, -0.2) is 0 Å². The predicted octanol–water partition coefficient (Wildman–Crippen LogP) is 2.06. The Morgan fingerprint density at radius 1 is 1.55 bits per heavy atom. The zero-order chi connectivity index (χ0) is 14.9. The van der Waals surface area contributed by atoms with Crippen molar-refractivity contribution in [2.24, 2.45) is 11.7 Å². The van der Waals surface area contributed by atoms with Gasteiger partial charge in [0.15, 0.2) is 0 Å². The molecule has 1 saturated heterocycles. The molecule has 0 radical (unpaired) electrons. The molecule has 0 spiro atoms. The molecule has 0 aromatic heterocycles. The van der Waals surface area contributed by atoms with E-state index in [0.717, 1.165) is 6.42 Å². The summed E-state index contributed by atoms with van der Waals surface area (Å²) < 4.78 is 0. The second-order valence-electron chi connectivity index (χ2n) is 5.10. The van der Waals surface area contributed by atoms with Gasteiger partial charge >= 0.3 is 0 Å². The second kappa shape index (κ2) is 5.76. The molecule has 1 aliphatic rings. The molecule has 1 aromatic rings. The van der Waals surface area contributed by atoms with Crippen LogP contribution in [0.15, 0.2) is 18.2 Å². The highest BCUT2D eigenvalue weighted by Gasteiger charge is 2.28. The van der Waals surface area contributed by atoms with Gasteiger partial charge in [0.25, 0.3) is 11.6 Å². The smallest absolute Gasteiger partial charge is 0.270 e. The summed E-state index contributed by atoms with van der Waals surface area (Å²) >= 11 is 5.98. The number of nitrogens with zero attached hydrogens (tertiary/aromatic N) is 2. The van der Waals surface area contributed by atoms with Gasteiger partial charge in [-0.1, -0.05) is 18.5 Å². The zero-order valence-corrected chi connectivity index (χ0v) is 11.8. The van der Waals surface area contributed by atoms with Gasteiger partial charge < -0.3 is 10.6 Å². The predicted molar refractivity (Wildman–Crippen MR) is 75.8 cm³/mol. The summed E-state index contributed by atoms with van der Waals surface area (Å²) in [5.41, 5.74) is 5.97. The zero-order valence-electron chi connectivity index (χ0n) is 11.1. The van der Waals surface area contributed by atoms with E-state index in [0.29, 0.717) is 19.0 Å². The van der Waals surface area contributed by atoms with Gasteiger partial charge in [-0.05, 0) is 18.4 Å². The maximum atomic E-state index is 12.4. The molecule has 1 aromatic carbocycles. The fourth-order valence-corrected chi connectivity index (χ4v) is 2.44. The highest BCUT2D eigenvalue weighted by atomic mass is 35.5. The molecule has 1 fully saturated rings. The lowest BCUT2D eigenvalue weighted by atomic mass is 9.94. The lowest BCUT2D eigenvalue weighted by Crippen LogP contribution is -2.49. The average molecular weight is 298 g/mol. The molecule has 20 heavy (non-hydrogen) atoms. The molecule has 1 aliphatic heterocycles. The number of rotatable bonds is 2. The van der Waals surface area contributed by atoms with Gasteiger partial charge in [0.2, 0.25) is 0 Å². The van der Waals surface area contributed by atoms with Crippen molar-refractivity contribution in [3.05, 3.63) is 38.9 Å². The fourth-order valence-electron chi connectivity index (χ4n) is 2.24. The maximum absolute atomic E-state index is 12.4. The van der Waals surface area contributed by atoms with Gasteiger partial charge in [0.05, 0.1) is 15.5 Å². The number of hydrogen-bond donors (Lipinski definition) is 1. The summed E-state index contributed by atoms with van der Waals surface area (Å²) in [6.07, 6.45) is 0.819. The van der Waals surface area contributed by atoms with Crippen molar-refractivity contribution in [1.29, 1.82) is 0 Å². The minimum absolute atomic E-state index is 0.0785. The molecule has 7 heteroatoms. The largest absolute Gasteiger partial charge is 0.337 e. The number of piperidine rings is 1. The number of non-ortho nitro benzene ring substituents is 1. The molecule has 1 heterocycles. The van der Waals surface area contributed by atoms with Crippen LogP contribution in [0, 0.1) is 16.0 Å². The third kappa shape index (κ3) is 2.91. The third-order valence-electron chi connectivity index (χ3n) is 3.69. The highest BCUT2D eigenvalue weighted by molar-refractivity contribution is 6.33. The number of nitrogens with two attached hydrogens (primary N) is 1. The standard InChI is InChI=1S/C13H16ClN3O3/c1-8-4-5-16(7-12(8)15)13(18)10-6-9(17(19)20)2-3-11(10)14/h2-3,6,8,12H,4-5,7,15H2,1H3. The summed E-state index contributed by atoms with van der Waals surface area (Å²) in [5.74, 6) is 0.0562. The van der Waals surface area contributed by atoms with Crippen LogP contribution in [0.5, 0.6) is 0 Å². The lowest BCUT2D eigenvalue weighted by Gasteiger charge is -2.35. The van der Waals surface area contributed by atoms with E-state index in [4.69, 9.17) is 17.3 Å². The summed E-state index contributed by atoms with van der Waals surface area (Å²) in [5, 5.41) is 11.0. The molecule has 0 bridgehead atoms. The number of nitro groups is 1. The lowest BCUT2D eigenvalue weighted by molar-refractivity contribution is -0.384. The van der Waals surface area contributed by atoms with Crippen LogP contribution < -0.4 is 5.73 Å². The highest BCUT2D eigenvalue weighted by Crippen LogP contribution is 2.25. The first kappa shape index (κ1) is 14.7. The van der Waals surface area contributed by atoms with Gasteiger partial charge in [0, 0.05) is 31.3 Å². The van der Waals surface area contributed by atoms with Crippen LogP contribution in [-0.2, 0) is 0 Å². The van der Waals surface area contributed by atoms with E-state index >= 15 is 0 Å². The molecule has 2 atom stereocenters. The Balaban J connectivity index is 2.25. The average Bonchev–Trinajstić information content (AvgIpc) is 2.41. The Hall–Kier alpha value is -1.66. The number of hydrogen-bond acceptors (Lipinski definition) is 4. The fraction of sp³-hybridized carbons (Fsp3) is 0.462. The topological polar surface area (TPSA) is 89.5 Å². The number of amides is 1. The molecule has 0 saturated carbocycles. The Morgan fingerprint density at radius 2 is 2.25 bits per heavy atom. The first-order valence-corrected chi connectivity index (χ1v) is 6.76. The monoisotopic (exact) mass is 297 g/mol. The van der Waals surface area contributed by atoms with Gasteiger partial charge in [-0.2, -0.15) is 0 Å². The van der Waals surface area contributed by atoms with E-state index in [1.807, 2.05) is 6.92 Å². The van der Waals surface area contributed by atoms with Crippen molar-refractivity contribution < 1.29 is 9.72 Å². The summed E-state index contributed by atoms with van der Waals surface area (Å²) in [6, 6.07) is 3.79. The Bertz CT molecular complexity index is 550.